The van der Waals surface area contributed by atoms with E-state index in [1.165, 1.54) is 24.3 Å². The van der Waals surface area contributed by atoms with Gasteiger partial charge in [0.25, 0.3) is 5.91 Å². The number of amides is 2. The molecule has 0 saturated carbocycles. The van der Waals surface area contributed by atoms with Gasteiger partial charge >= 0.3 is 0 Å². The van der Waals surface area contributed by atoms with Crippen molar-refractivity contribution in [1.29, 1.82) is 0 Å². The lowest BCUT2D eigenvalue weighted by Crippen LogP contribution is -2.34. The summed E-state index contributed by atoms with van der Waals surface area (Å²) in [6.07, 6.45) is 0. The van der Waals surface area contributed by atoms with E-state index >= 15 is 0 Å². The number of carbonyl (C=O) groups excluding carboxylic acids is 2. The van der Waals surface area contributed by atoms with Crippen molar-refractivity contribution in [3.8, 4) is 0 Å². The minimum Gasteiger partial charge on any atom is -0.383 e. The summed E-state index contributed by atoms with van der Waals surface area (Å²) in [6.45, 7) is 1.77. The first-order chi connectivity index (χ1) is 12.6. The van der Waals surface area contributed by atoms with Crippen molar-refractivity contribution >= 4 is 29.9 Å². The quantitative estimate of drug-likeness (QED) is 0.569. The van der Waals surface area contributed by atoms with Gasteiger partial charge < -0.3 is 20.7 Å². The van der Waals surface area contributed by atoms with Crippen molar-refractivity contribution in [2.24, 2.45) is 0 Å². The smallest absolute Gasteiger partial charge is 0.255 e. The molecule has 0 fully saturated rings. The predicted octanol–water partition coefficient (Wildman–Crippen LogP) is 2.35. The highest BCUT2D eigenvalue weighted by atomic mass is 35.5. The molecule has 2 amide bonds. The first-order valence-electron chi connectivity index (χ1n) is 8.20. The minimum absolute atomic E-state index is 0. The Morgan fingerprint density at radius 1 is 1.04 bits per heavy atom. The number of methoxy groups -OCH3 is 1. The number of nitrogens with one attached hydrogen (secondary N) is 3. The van der Waals surface area contributed by atoms with Crippen LogP contribution in [0.25, 0.3) is 0 Å². The van der Waals surface area contributed by atoms with Gasteiger partial charge in [0.05, 0.1) is 13.2 Å². The Kier molecular flexibility index (Phi) is 10.0. The van der Waals surface area contributed by atoms with Crippen molar-refractivity contribution in [2.45, 2.75) is 6.54 Å². The average molecular weight is 396 g/mol. The zero-order chi connectivity index (χ0) is 18.8. The lowest BCUT2D eigenvalue weighted by Gasteiger charge is -2.08. The number of anilines is 1. The van der Waals surface area contributed by atoms with Crippen molar-refractivity contribution in [3.63, 3.8) is 0 Å². The Hall–Kier alpha value is -2.48. The van der Waals surface area contributed by atoms with Crippen molar-refractivity contribution in [1.82, 2.24) is 10.6 Å². The second kappa shape index (κ2) is 12.0. The molecule has 27 heavy (non-hydrogen) atoms. The van der Waals surface area contributed by atoms with Gasteiger partial charge in [-0.15, -0.1) is 12.4 Å². The van der Waals surface area contributed by atoms with E-state index in [2.05, 4.69) is 16.0 Å². The highest BCUT2D eigenvalue weighted by Crippen LogP contribution is 2.11. The van der Waals surface area contributed by atoms with Crippen LogP contribution < -0.4 is 16.0 Å². The highest BCUT2D eigenvalue weighted by Gasteiger charge is 2.07. The molecular formula is C19H23ClFN3O3. The van der Waals surface area contributed by atoms with E-state index in [4.69, 9.17) is 4.74 Å². The molecule has 2 aromatic carbocycles. The molecule has 2 aromatic rings. The van der Waals surface area contributed by atoms with Crippen LogP contribution in [0.2, 0.25) is 0 Å². The largest absolute Gasteiger partial charge is 0.383 e. The lowest BCUT2D eigenvalue weighted by atomic mass is 10.1. The molecule has 0 saturated heterocycles. The fraction of sp³-hybridized carbons (Fsp3) is 0.263. The first kappa shape index (κ1) is 22.6. The fourth-order valence-electron chi connectivity index (χ4n) is 2.15. The van der Waals surface area contributed by atoms with E-state index in [-0.39, 0.29) is 36.6 Å². The van der Waals surface area contributed by atoms with Gasteiger partial charge in [-0.05, 0) is 42.0 Å². The molecule has 0 radical (unpaired) electrons. The summed E-state index contributed by atoms with van der Waals surface area (Å²) >= 11 is 0. The number of halogens is 2. The Morgan fingerprint density at radius 3 is 2.33 bits per heavy atom. The predicted molar refractivity (Wildman–Crippen MR) is 105 cm³/mol. The second-order valence-corrected chi connectivity index (χ2v) is 5.60. The van der Waals surface area contributed by atoms with Gasteiger partial charge in [-0.3, -0.25) is 9.59 Å². The van der Waals surface area contributed by atoms with E-state index in [0.717, 1.165) is 5.56 Å². The third-order valence-electron chi connectivity index (χ3n) is 3.58. The summed E-state index contributed by atoms with van der Waals surface area (Å²) in [6, 6.07) is 12.5. The number of ether oxygens (including phenoxy) is 1. The van der Waals surface area contributed by atoms with Crippen molar-refractivity contribution in [2.75, 3.05) is 32.1 Å². The highest BCUT2D eigenvalue weighted by molar-refractivity contribution is 6.04. The first-order valence-corrected chi connectivity index (χ1v) is 8.20. The number of hydrogen-bond acceptors (Lipinski definition) is 4. The molecule has 2 rings (SSSR count). The summed E-state index contributed by atoms with van der Waals surface area (Å²) in [4.78, 5) is 23.8. The molecule has 0 aliphatic heterocycles. The molecule has 0 aliphatic carbocycles. The summed E-state index contributed by atoms with van der Waals surface area (Å²) in [7, 11) is 1.60. The number of rotatable bonds is 9. The van der Waals surface area contributed by atoms with Crippen LogP contribution in [-0.4, -0.2) is 38.6 Å². The molecular weight excluding hydrogens is 373 g/mol. The molecule has 8 heteroatoms. The van der Waals surface area contributed by atoms with Gasteiger partial charge in [0.1, 0.15) is 5.82 Å². The lowest BCUT2D eigenvalue weighted by molar-refractivity contribution is -0.120. The maximum Gasteiger partial charge on any atom is 0.255 e. The fourth-order valence-corrected chi connectivity index (χ4v) is 2.15. The molecule has 3 N–H and O–H groups in total. The Labute approximate surface area is 163 Å². The normalized spacial score (nSPS) is 10.0. The van der Waals surface area contributed by atoms with Crippen LogP contribution in [0.15, 0.2) is 48.5 Å². The molecule has 0 aromatic heterocycles. The van der Waals surface area contributed by atoms with Gasteiger partial charge in [0, 0.05) is 31.5 Å². The summed E-state index contributed by atoms with van der Waals surface area (Å²) in [5.41, 5.74) is 1.88. The maximum absolute atomic E-state index is 12.9. The van der Waals surface area contributed by atoms with Crippen LogP contribution in [0.3, 0.4) is 0 Å². The van der Waals surface area contributed by atoms with Crippen LogP contribution >= 0.6 is 12.4 Å². The summed E-state index contributed by atoms with van der Waals surface area (Å²) in [5.74, 6) is -0.753. The molecule has 146 valence electrons. The van der Waals surface area contributed by atoms with Gasteiger partial charge in [-0.2, -0.15) is 0 Å². The number of hydrogen-bond donors (Lipinski definition) is 3. The molecule has 6 nitrogen and oxygen atoms in total. The number of carbonyl (C=O) groups is 2. The van der Waals surface area contributed by atoms with Crippen molar-refractivity contribution < 1.29 is 18.7 Å². The Balaban J connectivity index is 0.00000364. The third kappa shape index (κ3) is 8.17. The second-order valence-electron chi connectivity index (χ2n) is 5.60. The van der Waals surface area contributed by atoms with Crippen LogP contribution in [0.5, 0.6) is 0 Å². The van der Waals surface area contributed by atoms with Crippen molar-refractivity contribution in [3.05, 3.63) is 65.5 Å². The van der Waals surface area contributed by atoms with Crippen LogP contribution in [0.1, 0.15) is 15.9 Å². The SMILES string of the molecule is COCCNCC(=O)NCc1ccc(C(=O)Nc2ccc(F)cc2)cc1.Cl. The molecule has 0 unspecified atom stereocenters. The minimum atomic E-state index is -0.358. The van der Waals surface area contributed by atoms with E-state index in [9.17, 15) is 14.0 Å². The van der Waals surface area contributed by atoms with Crippen LogP contribution in [-0.2, 0) is 16.1 Å². The summed E-state index contributed by atoms with van der Waals surface area (Å²) in [5, 5.41) is 8.45. The summed E-state index contributed by atoms with van der Waals surface area (Å²) < 4.78 is 17.8. The zero-order valence-electron chi connectivity index (χ0n) is 15.0. The third-order valence-corrected chi connectivity index (χ3v) is 3.58. The van der Waals surface area contributed by atoms with E-state index in [1.807, 2.05) is 0 Å². The molecule has 0 spiro atoms. The van der Waals surface area contributed by atoms with Gasteiger partial charge in [-0.25, -0.2) is 4.39 Å². The molecule has 0 atom stereocenters. The van der Waals surface area contributed by atoms with Gasteiger partial charge in [0.15, 0.2) is 0 Å². The van der Waals surface area contributed by atoms with E-state index in [0.29, 0.717) is 30.9 Å². The van der Waals surface area contributed by atoms with Gasteiger partial charge in [0.2, 0.25) is 5.91 Å². The topological polar surface area (TPSA) is 79.5 Å². The Bertz CT molecular complexity index is 724. The molecule has 0 aliphatic rings. The van der Waals surface area contributed by atoms with Crippen LogP contribution in [0, 0.1) is 5.82 Å². The van der Waals surface area contributed by atoms with Crippen LogP contribution in [0.4, 0.5) is 10.1 Å². The monoisotopic (exact) mass is 395 g/mol. The van der Waals surface area contributed by atoms with E-state index < -0.39 is 0 Å². The standard InChI is InChI=1S/C19H22FN3O3.ClH/c1-26-11-10-21-13-18(24)22-12-14-2-4-15(5-3-14)19(25)23-17-8-6-16(20)7-9-17;/h2-9,21H,10-13H2,1H3,(H,22,24)(H,23,25);1H. The van der Waals surface area contributed by atoms with Gasteiger partial charge in [-0.1, -0.05) is 12.1 Å². The zero-order valence-corrected chi connectivity index (χ0v) is 15.8. The maximum atomic E-state index is 12.9. The van der Waals surface area contributed by atoms with E-state index in [1.54, 1.807) is 31.4 Å². The molecule has 0 heterocycles. The number of benzene rings is 2. The average Bonchev–Trinajstić information content (AvgIpc) is 2.66. The molecule has 0 bridgehead atoms. The Morgan fingerprint density at radius 2 is 1.70 bits per heavy atom.